The van der Waals surface area contributed by atoms with E-state index in [0.29, 0.717) is 12.0 Å². The molecule has 0 bridgehead atoms. The first kappa shape index (κ1) is 13.2. The lowest BCUT2D eigenvalue weighted by atomic mass is 10.0. The number of aliphatic carboxylic acids is 1. The number of hydrogen-bond donors (Lipinski definition) is 2. The summed E-state index contributed by atoms with van der Waals surface area (Å²) in [5, 5.41) is 8.88. The Morgan fingerprint density at radius 3 is 2.57 bits per heavy atom. The molecule has 0 heterocycles. The number of hydrogen-bond acceptors (Lipinski definition) is 2. The fourth-order valence-electron chi connectivity index (χ4n) is 1.15. The summed E-state index contributed by atoms with van der Waals surface area (Å²) < 4.78 is 0. The van der Waals surface area contributed by atoms with Gasteiger partial charge in [0.2, 0.25) is 0 Å². The Hall–Kier alpha value is -0.770. The molecule has 0 aromatic heterocycles. The predicted octanol–water partition coefficient (Wildman–Crippen LogP) is 2.53. The first-order valence-corrected chi connectivity index (χ1v) is 5.25. The number of carbonyl (C=O) groups is 1. The summed E-state index contributed by atoms with van der Waals surface area (Å²) in [4.78, 5) is 14.9. The normalized spacial score (nSPS) is 14.6. The van der Waals surface area contributed by atoms with Crippen molar-refractivity contribution in [2.45, 2.75) is 39.2 Å². The van der Waals surface area contributed by atoms with Crippen LogP contribution in [0.2, 0.25) is 0 Å². The number of carboxylic acids is 1. The molecule has 1 atom stereocenters. The molecule has 0 amide bonds. The summed E-state index contributed by atoms with van der Waals surface area (Å²) >= 11 is 3.88. The smallest absolute Gasteiger partial charge is 0.331 e. The van der Waals surface area contributed by atoms with Gasteiger partial charge in [-0.25, -0.2) is 4.79 Å². The summed E-state index contributed by atoms with van der Waals surface area (Å²) in [6.07, 6.45) is 3.78. The molecule has 1 unspecified atom stereocenters. The van der Waals surface area contributed by atoms with Crippen LogP contribution in [-0.2, 0) is 4.79 Å². The van der Waals surface area contributed by atoms with E-state index in [4.69, 9.17) is 5.11 Å². The van der Waals surface area contributed by atoms with Crippen LogP contribution in [0.3, 0.4) is 0 Å². The van der Waals surface area contributed by atoms with Crippen LogP contribution >= 0.6 is 12.6 Å². The van der Waals surface area contributed by atoms with Crippen LogP contribution in [0.5, 0.6) is 0 Å². The molecular formula is C10H17NO2S. The van der Waals surface area contributed by atoms with E-state index in [1.165, 1.54) is 5.55 Å². The fourth-order valence-corrected chi connectivity index (χ4v) is 1.34. The van der Waals surface area contributed by atoms with Gasteiger partial charge in [-0.1, -0.05) is 19.9 Å². The Morgan fingerprint density at radius 1 is 1.57 bits per heavy atom. The van der Waals surface area contributed by atoms with E-state index in [1.54, 1.807) is 6.08 Å². The SMILES string of the molecule is CC/C=C(\CC(CC)N=CS)C(=O)O. The minimum absolute atomic E-state index is 0.0291. The fraction of sp³-hybridized carbons (Fsp3) is 0.600. The van der Waals surface area contributed by atoms with Gasteiger partial charge in [-0.05, 0) is 12.8 Å². The lowest BCUT2D eigenvalue weighted by Gasteiger charge is -2.09. The molecule has 0 aromatic rings. The molecule has 0 aliphatic carbocycles. The standard InChI is InChI=1S/C10H17NO2S/c1-3-5-8(10(12)13)6-9(4-2)11-7-14/h5,7,9H,3-4,6H2,1-2H3,(H,11,14)(H,12,13)/b8-5+. The van der Waals surface area contributed by atoms with Crippen LogP contribution in [0, 0.1) is 0 Å². The second-order valence-corrected chi connectivity index (χ2v) is 3.20. The molecule has 0 saturated carbocycles. The lowest BCUT2D eigenvalue weighted by Crippen LogP contribution is -2.10. The molecule has 0 aliphatic rings. The van der Waals surface area contributed by atoms with E-state index in [9.17, 15) is 4.79 Å². The Kier molecular flexibility index (Phi) is 7.20. The summed E-state index contributed by atoms with van der Waals surface area (Å²) in [5.74, 6) is -0.848. The molecule has 0 aromatic carbocycles. The molecule has 0 spiro atoms. The van der Waals surface area contributed by atoms with Crippen molar-refractivity contribution >= 4 is 24.1 Å². The van der Waals surface area contributed by atoms with E-state index >= 15 is 0 Å². The Labute approximate surface area is 90.3 Å². The Bertz CT molecular complexity index is 236. The summed E-state index contributed by atoms with van der Waals surface area (Å²) in [6, 6.07) is 0.0291. The number of carboxylic acid groups (broad SMARTS) is 1. The van der Waals surface area contributed by atoms with E-state index in [-0.39, 0.29) is 6.04 Å². The van der Waals surface area contributed by atoms with Crippen molar-refractivity contribution in [3.8, 4) is 0 Å². The topological polar surface area (TPSA) is 49.7 Å². The van der Waals surface area contributed by atoms with Crippen LogP contribution in [0.1, 0.15) is 33.1 Å². The zero-order chi connectivity index (χ0) is 11.0. The van der Waals surface area contributed by atoms with E-state index < -0.39 is 5.97 Å². The van der Waals surface area contributed by atoms with Crippen LogP contribution in [0.4, 0.5) is 0 Å². The molecule has 14 heavy (non-hydrogen) atoms. The number of nitrogens with zero attached hydrogens (tertiary/aromatic N) is 1. The third kappa shape index (κ3) is 5.07. The van der Waals surface area contributed by atoms with E-state index in [1.807, 2.05) is 13.8 Å². The molecule has 4 heteroatoms. The van der Waals surface area contributed by atoms with E-state index in [0.717, 1.165) is 12.8 Å². The Balaban J connectivity index is 4.41. The number of thiol groups is 1. The summed E-state index contributed by atoms with van der Waals surface area (Å²) in [7, 11) is 0. The molecular weight excluding hydrogens is 198 g/mol. The minimum atomic E-state index is -0.848. The average Bonchev–Trinajstić information content (AvgIpc) is 2.15. The maximum absolute atomic E-state index is 10.8. The predicted molar refractivity (Wildman–Crippen MR) is 62.2 cm³/mol. The highest BCUT2D eigenvalue weighted by atomic mass is 32.1. The number of allylic oxidation sites excluding steroid dienone is 1. The largest absolute Gasteiger partial charge is 0.478 e. The first-order chi connectivity index (χ1) is 6.65. The van der Waals surface area contributed by atoms with Crippen molar-refractivity contribution < 1.29 is 9.90 Å². The molecule has 0 rings (SSSR count). The highest BCUT2D eigenvalue weighted by molar-refractivity contribution is 7.94. The van der Waals surface area contributed by atoms with Crippen LogP contribution in [0.25, 0.3) is 0 Å². The zero-order valence-electron chi connectivity index (χ0n) is 8.60. The van der Waals surface area contributed by atoms with Gasteiger partial charge in [0.25, 0.3) is 0 Å². The van der Waals surface area contributed by atoms with Gasteiger partial charge in [0, 0.05) is 12.0 Å². The lowest BCUT2D eigenvalue weighted by molar-refractivity contribution is -0.132. The molecule has 0 radical (unpaired) electrons. The van der Waals surface area contributed by atoms with Gasteiger partial charge in [-0.3, -0.25) is 4.99 Å². The van der Waals surface area contributed by atoms with Gasteiger partial charge < -0.3 is 5.11 Å². The highest BCUT2D eigenvalue weighted by Gasteiger charge is 2.12. The van der Waals surface area contributed by atoms with Crippen molar-refractivity contribution in [3.63, 3.8) is 0 Å². The summed E-state index contributed by atoms with van der Waals surface area (Å²) in [6.45, 7) is 3.91. The molecule has 3 nitrogen and oxygen atoms in total. The second-order valence-electron chi connectivity index (χ2n) is 2.97. The van der Waals surface area contributed by atoms with Crippen LogP contribution < -0.4 is 0 Å². The maximum atomic E-state index is 10.8. The van der Waals surface area contributed by atoms with Gasteiger partial charge in [0.05, 0.1) is 11.6 Å². The molecule has 0 fully saturated rings. The third-order valence-corrected chi connectivity index (χ3v) is 2.06. The second kappa shape index (κ2) is 7.62. The molecule has 80 valence electrons. The zero-order valence-corrected chi connectivity index (χ0v) is 9.50. The van der Waals surface area contributed by atoms with Crippen molar-refractivity contribution in [1.82, 2.24) is 0 Å². The van der Waals surface area contributed by atoms with Crippen molar-refractivity contribution in [2.75, 3.05) is 0 Å². The van der Waals surface area contributed by atoms with Crippen molar-refractivity contribution in [3.05, 3.63) is 11.6 Å². The first-order valence-electron chi connectivity index (χ1n) is 4.73. The number of aliphatic imine (C=N–C) groups is 1. The van der Waals surface area contributed by atoms with Crippen molar-refractivity contribution in [1.29, 1.82) is 0 Å². The molecule has 1 N–H and O–H groups in total. The molecule has 0 aliphatic heterocycles. The van der Waals surface area contributed by atoms with Gasteiger partial charge in [0.15, 0.2) is 0 Å². The average molecular weight is 215 g/mol. The van der Waals surface area contributed by atoms with Gasteiger partial charge in [-0.2, -0.15) is 0 Å². The van der Waals surface area contributed by atoms with Crippen molar-refractivity contribution in [2.24, 2.45) is 4.99 Å². The van der Waals surface area contributed by atoms with Gasteiger partial charge >= 0.3 is 5.97 Å². The van der Waals surface area contributed by atoms with Crippen LogP contribution in [0.15, 0.2) is 16.6 Å². The van der Waals surface area contributed by atoms with Crippen LogP contribution in [-0.4, -0.2) is 22.7 Å². The van der Waals surface area contributed by atoms with Gasteiger partial charge in [-0.15, -0.1) is 12.6 Å². The molecule has 0 saturated heterocycles. The monoisotopic (exact) mass is 215 g/mol. The van der Waals surface area contributed by atoms with Gasteiger partial charge in [0.1, 0.15) is 0 Å². The highest BCUT2D eigenvalue weighted by Crippen LogP contribution is 2.12. The van der Waals surface area contributed by atoms with E-state index in [2.05, 4.69) is 17.6 Å². The maximum Gasteiger partial charge on any atom is 0.331 e. The minimum Gasteiger partial charge on any atom is -0.478 e. The Morgan fingerprint density at radius 2 is 2.21 bits per heavy atom. The number of rotatable bonds is 6. The summed E-state index contributed by atoms with van der Waals surface area (Å²) in [5.41, 5.74) is 1.87. The quantitative estimate of drug-likeness (QED) is 0.309. The third-order valence-electron chi connectivity index (χ3n) is 1.93.